The predicted molar refractivity (Wildman–Crippen MR) is 90.6 cm³/mol. The molecule has 0 fully saturated rings. The third-order valence-electron chi connectivity index (χ3n) is 3.78. The molecule has 0 aliphatic heterocycles. The van der Waals surface area contributed by atoms with Gasteiger partial charge in [-0.25, -0.2) is 0 Å². The Bertz CT molecular complexity index is 1020. The number of hydrogen-bond donors (Lipinski definition) is 2. The number of nitrogens with one attached hydrogen (secondary N) is 2. The molecule has 1 aromatic heterocycles. The van der Waals surface area contributed by atoms with E-state index in [-0.39, 0.29) is 11.3 Å². The molecule has 1 atom stereocenters. The molecule has 0 saturated carbocycles. The lowest BCUT2D eigenvalue weighted by Crippen LogP contribution is -2.28. The lowest BCUT2D eigenvalue weighted by atomic mass is 10.0. The summed E-state index contributed by atoms with van der Waals surface area (Å²) in [5.41, 5.74) is -0.0238. The van der Waals surface area contributed by atoms with Crippen molar-refractivity contribution in [1.82, 2.24) is 10.3 Å². The van der Waals surface area contributed by atoms with Crippen molar-refractivity contribution in [3.05, 3.63) is 70.4 Å². The SMILES string of the molecule is N#CC(NC(=O)c1cc2ccc(Cl)cc2[nH]1)c1cccc(C(F)(F)F)c1. The summed E-state index contributed by atoms with van der Waals surface area (Å²) in [6.45, 7) is 0. The van der Waals surface area contributed by atoms with Gasteiger partial charge in [0.25, 0.3) is 5.91 Å². The Morgan fingerprint density at radius 3 is 2.65 bits per heavy atom. The number of halogens is 4. The smallest absolute Gasteiger partial charge is 0.350 e. The van der Waals surface area contributed by atoms with Gasteiger partial charge in [-0.1, -0.05) is 29.8 Å². The first-order chi connectivity index (χ1) is 12.3. The van der Waals surface area contributed by atoms with E-state index in [2.05, 4.69) is 10.3 Å². The second kappa shape index (κ2) is 6.73. The molecule has 26 heavy (non-hydrogen) atoms. The number of fused-ring (bicyclic) bond motifs is 1. The van der Waals surface area contributed by atoms with E-state index in [4.69, 9.17) is 11.6 Å². The highest BCUT2D eigenvalue weighted by atomic mass is 35.5. The van der Waals surface area contributed by atoms with Crippen LogP contribution in [0.1, 0.15) is 27.7 Å². The van der Waals surface area contributed by atoms with Gasteiger partial charge in [0.15, 0.2) is 0 Å². The molecular formula is C18H11ClF3N3O. The van der Waals surface area contributed by atoms with Crippen LogP contribution in [0, 0.1) is 11.3 Å². The highest BCUT2D eigenvalue weighted by Crippen LogP contribution is 2.30. The van der Waals surface area contributed by atoms with E-state index in [1.807, 2.05) is 0 Å². The number of hydrogen-bond acceptors (Lipinski definition) is 2. The van der Waals surface area contributed by atoms with Crippen molar-refractivity contribution in [3.63, 3.8) is 0 Å². The monoisotopic (exact) mass is 377 g/mol. The molecule has 2 N–H and O–H groups in total. The van der Waals surface area contributed by atoms with E-state index in [1.165, 1.54) is 12.1 Å². The van der Waals surface area contributed by atoms with Crippen molar-refractivity contribution in [3.8, 4) is 6.07 Å². The Kier molecular flexibility index (Phi) is 4.62. The van der Waals surface area contributed by atoms with Crippen molar-refractivity contribution < 1.29 is 18.0 Å². The number of benzene rings is 2. The maximum atomic E-state index is 12.8. The van der Waals surface area contributed by atoms with E-state index in [0.717, 1.165) is 17.5 Å². The first kappa shape index (κ1) is 17.8. The van der Waals surface area contributed by atoms with Gasteiger partial charge in [-0.15, -0.1) is 0 Å². The van der Waals surface area contributed by atoms with Crippen LogP contribution in [0.2, 0.25) is 5.02 Å². The molecule has 3 rings (SSSR count). The Hall–Kier alpha value is -2.98. The van der Waals surface area contributed by atoms with Crippen LogP contribution >= 0.6 is 11.6 Å². The van der Waals surface area contributed by atoms with E-state index in [1.54, 1.807) is 30.3 Å². The molecule has 1 amide bonds. The summed E-state index contributed by atoms with van der Waals surface area (Å²) in [6, 6.07) is 11.5. The highest BCUT2D eigenvalue weighted by molar-refractivity contribution is 6.31. The largest absolute Gasteiger partial charge is 0.416 e. The van der Waals surface area contributed by atoms with Crippen LogP contribution in [0.15, 0.2) is 48.5 Å². The maximum absolute atomic E-state index is 12.8. The van der Waals surface area contributed by atoms with Gasteiger partial charge in [0.05, 0.1) is 11.6 Å². The van der Waals surface area contributed by atoms with Crippen molar-refractivity contribution in [2.24, 2.45) is 0 Å². The van der Waals surface area contributed by atoms with Crippen LogP contribution in [0.3, 0.4) is 0 Å². The van der Waals surface area contributed by atoms with Crippen LogP contribution in [-0.4, -0.2) is 10.9 Å². The van der Waals surface area contributed by atoms with Crippen LogP contribution in [0.4, 0.5) is 13.2 Å². The first-order valence-corrected chi connectivity index (χ1v) is 7.81. The molecule has 0 bridgehead atoms. The van der Waals surface area contributed by atoms with Crippen molar-refractivity contribution >= 4 is 28.4 Å². The van der Waals surface area contributed by atoms with Gasteiger partial charge in [-0.2, -0.15) is 18.4 Å². The Morgan fingerprint density at radius 1 is 1.19 bits per heavy atom. The lowest BCUT2D eigenvalue weighted by Gasteiger charge is -2.14. The fraction of sp³-hybridized carbons (Fsp3) is 0.111. The predicted octanol–water partition coefficient (Wildman–Crippen LogP) is 4.83. The number of aromatic nitrogens is 1. The van der Waals surface area contributed by atoms with Crippen molar-refractivity contribution in [2.75, 3.05) is 0 Å². The van der Waals surface area contributed by atoms with Gasteiger partial charge in [0, 0.05) is 15.9 Å². The zero-order chi connectivity index (χ0) is 18.9. The second-order valence-electron chi connectivity index (χ2n) is 5.57. The van der Waals surface area contributed by atoms with Gasteiger partial charge >= 0.3 is 6.18 Å². The minimum atomic E-state index is -4.53. The van der Waals surface area contributed by atoms with E-state index in [9.17, 15) is 23.2 Å². The van der Waals surface area contributed by atoms with Crippen LogP contribution in [0.5, 0.6) is 0 Å². The Balaban J connectivity index is 1.85. The van der Waals surface area contributed by atoms with Crippen molar-refractivity contribution in [1.29, 1.82) is 5.26 Å². The maximum Gasteiger partial charge on any atom is 0.416 e. The number of alkyl halides is 3. The molecule has 1 unspecified atom stereocenters. The Morgan fingerprint density at radius 2 is 1.96 bits per heavy atom. The topological polar surface area (TPSA) is 68.7 Å². The molecule has 0 radical (unpaired) electrons. The average molecular weight is 378 g/mol. The summed E-state index contributed by atoms with van der Waals surface area (Å²) >= 11 is 5.89. The number of nitriles is 1. The second-order valence-corrected chi connectivity index (χ2v) is 6.01. The fourth-order valence-corrected chi connectivity index (χ4v) is 2.69. The standard InChI is InChI=1S/C18H11ClF3N3O/c19-13-5-4-11-7-15(24-14(11)8-13)17(26)25-16(9-23)10-2-1-3-12(6-10)18(20,21)22/h1-8,16,24H,(H,25,26). The lowest BCUT2D eigenvalue weighted by molar-refractivity contribution is -0.137. The molecular weight excluding hydrogens is 367 g/mol. The van der Waals surface area contributed by atoms with E-state index >= 15 is 0 Å². The minimum absolute atomic E-state index is 0.0508. The van der Waals surface area contributed by atoms with Crippen LogP contribution in [-0.2, 0) is 6.18 Å². The first-order valence-electron chi connectivity index (χ1n) is 7.44. The number of carbonyl (C=O) groups is 1. The molecule has 0 saturated heterocycles. The summed E-state index contributed by atoms with van der Waals surface area (Å²) in [4.78, 5) is 15.2. The van der Waals surface area contributed by atoms with Gasteiger partial charge in [0.2, 0.25) is 0 Å². The normalized spacial score (nSPS) is 12.6. The molecule has 8 heteroatoms. The molecule has 0 aliphatic carbocycles. The zero-order valence-corrected chi connectivity index (χ0v) is 13.8. The highest BCUT2D eigenvalue weighted by Gasteiger charge is 2.31. The van der Waals surface area contributed by atoms with Crippen molar-refractivity contribution in [2.45, 2.75) is 12.2 Å². The van der Waals surface area contributed by atoms with Gasteiger partial charge in [0.1, 0.15) is 11.7 Å². The summed E-state index contributed by atoms with van der Waals surface area (Å²) < 4.78 is 38.5. The van der Waals surface area contributed by atoms with Gasteiger partial charge in [-0.3, -0.25) is 4.79 Å². The fourth-order valence-electron chi connectivity index (χ4n) is 2.52. The van der Waals surface area contributed by atoms with Gasteiger partial charge in [-0.05, 0) is 35.9 Å². The summed E-state index contributed by atoms with van der Waals surface area (Å²) in [7, 11) is 0. The third kappa shape index (κ3) is 3.65. The summed E-state index contributed by atoms with van der Waals surface area (Å²) in [5.74, 6) is -0.610. The van der Waals surface area contributed by atoms with Crippen LogP contribution < -0.4 is 5.32 Å². The number of nitrogens with zero attached hydrogens (tertiary/aromatic N) is 1. The number of aromatic amines is 1. The molecule has 132 valence electrons. The quantitative estimate of drug-likeness (QED) is 0.686. The molecule has 1 heterocycles. The van der Waals surface area contributed by atoms with Gasteiger partial charge < -0.3 is 10.3 Å². The minimum Gasteiger partial charge on any atom is -0.350 e. The molecule has 0 spiro atoms. The number of amides is 1. The number of carbonyl (C=O) groups excluding carboxylic acids is 1. The number of H-pyrrole nitrogens is 1. The Labute approximate surface area is 151 Å². The summed E-state index contributed by atoms with van der Waals surface area (Å²) in [5, 5.41) is 12.9. The van der Waals surface area contributed by atoms with E-state index in [0.29, 0.717) is 10.5 Å². The molecule has 2 aromatic carbocycles. The summed E-state index contributed by atoms with van der Waals surface area (Å²) in [6.07, 6.45) is -4.53. The van der Waals surface area contributed by atoms with Crippen LogP contribution in [0.25, 0.3) is 10.9 Å². The third-order valence-corrected chi connectivity index (χ3v) is 4.02. The van der Waals surface area contributed by atoms with E-state index < -0.39 is 23.7 Å². The number of rotatable bonds is 3. The molecule has 3 aromatic rings. The molecule has 4 nitrogen and oxygen atoms in total. The zero-order valence-electron chi connectivity index (χ0n) is 13.1. The average Bonchev–Trinajstić information content (AvgIpc) is 3.02. The molecule has 0 aliphatic rings.